The van der Waals surface area contributed by atoms with Crippen molar-refractivity contribution in [2.45, 2.75) is 25.0 Å². The monoisotopic (exact) mass is 504 g/mol. The van der Waals surface area contributed by atoms with Crippen LogP contribution in [0.15, 0.2) is 121 Å². The molecule has 0 radical (unpaired) electrons. The predicted molar refractivity (Wildman–Crippen MR) is 160 cm³/mol. The number of hydrogen-bond acceptors (Lipinski definition) is 4. The highest BCUT2D eigenvalue weighted by Gasteiger charge is 2.46. The SMILES string of the molecule is Cc1cccnc1N1c2ccccc2C2c3ccccc3N(C3C=Cc4ccccc4N3)c3ccccc3C21. The van der Waals surface area contributed by atoms with Crippen LogP contribution in [-0.2, 0) is 0 Å². The summed E-state index contributed by atoms with van der Waals surface area (Å²) >= 11 is 0. The molecule has 0 saturated carbocycles. The molecule has 4 aromatic carbocycles. The van der Waals surface area contributed by atoms with Crippen LogP contribution in [0.25, 0.3) is 6.08 Å². The summed E-state index contributed by atoms with van der Waals surface area (Å²) in [6.45, 7) is 2.16. The van der Waals surface area contributed by atoms with Crippen molar-refractivity contribution in [1.29, 1.82) is 0 Å². The van der Waals surface area contributed by atoms with Crippen LogP contribution in [0.4, 0.5) is 28.6 Å². The Labute approximate surface area is 228 Å². The quantitative estimate of drug-likeness (QED) is 0.262. The van der Waals surface area contributed by atoms with Gasteiger partial charge in [0.1, 0.15) is 12.0 Å². The topological polar surface area (TPSA) is 31.4 Å². The van der Waals surface area contributed by atoms with Gasteiger partial charge in [0.05, 0.1) is 6.04 Å². The zero-order valence-electron chi connectivity index (χ0n) is 21.7. The predicted octanol–water partition coefficient (Wildman–Crippen LogP) is 8.33. The third-order valence-electron chi connectivity index (χ3n) is 8.38. The summed E-state index contributed by atoms with van der Waals surface area (Å²) in [5, 5.41) is 3.83. The average molecular weight is 505 g/mol. The Bertz CT molecular complexity index is 1760. The summed E-state index contributed by atoms with van der Waals surface area (Å²) < 4.78 is 0. The van der Waals surface area contributed by atoms with Crippen molar-refractivity contribution in [2.24, 2.45) is 0 Å². The number of pyridine rings is 1. The minimum Gasteiger partial charge on any atom is -0.361 e. The maximum atomic E-state index is 4.93. The molecule has 1 N–H and O–H groups in total. The highest BCUT2D eigenvalue weighted by atomic mass is 15.3. The molecule has 4 heterocycles. The Morgan fingerprint density at radius 2 is 1.26 bits per heavy atom. The van der Waals surface area contributed by atoms with E-state index in [2.05, 4.69) is 137 Å². The fraction of sp³-hybridized carbons (Fsp3) is 0.114. The minimum atomic E-state index is -0.0266. The van der Waals surface area contributed by atoms with Gasteiger partial charge < -0.3 is 15.1 Å². The Morgan fingerprint density at radius 1 is 0.641 bits per heavy atom. The number of anilines is 5. The maximum Gasteiger partial charge on any atom is 0.136 e. The molecule has 3 unspecified atom stereocenters. The van der Waals surface area contributed by atoms with Crippen LogP contribution in [0.3, 0.4) is 0 Å². The van der Waals surface area contributed by atoms with E-state index in [0.717, 1.165) is 11.5 Å². The first-order valence-electron chi connectivity index (χ1n) is 13.6. The van der Waals surface area contributed by atoms with Crippen molar-refractivity contribution in [3.05, 3.63) is 149 Å². The maximum absolute atomic E-state index is 4.93. The number of para-hydroxylation sites is 4. The van der Waals surface area contributed by atoms with Gasteiger partial charge in [-0.25, -0.2) is 4.98 Å². The number of aryl methyl sites for hydroxylation is 1. The number of nitrogens with one attached hydrogen (secondary N) is 1. The molecule has 0 aliphatic carbocycles. The van der Waals surface area contributed by atoms with E-state index in [-0.39, 0.29) is 18.1 Å². The fourth-order valence-corrected chi connectivity index (χ4v) is 6.75. The Kier molecular flexibility index (Phi) is 4.89. The molecule has 5 aromatic rings. The van der Waals surface area contributed by atoms with Crippen molar-refractivity contribution >= 4 is 34.6 Å². The highest BCUT2D eigenvalue weighted by Crippen LogP contribution is 2.60. The molecule has 3 atom stereocenters. The van der Waals surface area contributed by atoms with Gasteiger partial charge in [-0.15, -0.1) is 0 Å². The lowest BCUT2D eigenvalue weighted by Crippen LogP contribution is -2.38. The Hall–Kier alpha value is -4.83. The summed E-state index contributed by atoms with van der Waals surface area (Å²) in [4.78, 5) is 9.90. The third-order valence-corrected chi connectivity index (χ3v) is 8.38. The molecule has 8 rings (SSSR count). The lowest BCUT2D eigenvalue weighted by Gasteiger charge is -2.37. The molecule has 39 heavy (non-hydrogen) atoms. The van der Waals surface area contributed by atoms with Gasteiger partial charge >= 0.3 is 0 Å². The summed E-state index contributed by atoms with van der Waals surface area (Å²) in [6.07, 6.45) is 6.41. The minimum absolute atomic E-state index is 0.0266. The fourth-order valence-electron chi connectivity index (χ4n) is 6.75. The molecule has 0 spiro atoms. The van der Waals surface area contributed by atoms with E-state index in [1.807, 2.05) is 12.3 Å². The van der Waals surface area contributed by atoms with Gasteiger partial charge in [-0.2, -0.15) is 0 Å². The molecular weight excluding hydrogens is 476 g/mol. The first kappa shape index (κ1) is 22.2. The van der Waals surface area contributed by atoms with Crippen LogP contribution < -0.4 is 15.1 Å². The zero-order valence-corrected chi connectivity index (χ0v) is 21.7. The van der Waals surface area contributed by atoms with Crippen LogP contribution in [0.5, 0.6) is 0 Å². The van der Waals surface area contributed by atoms with Crippen LogP contribution in [0, 0.1) is 6.92 Å². The van der Waals surface area contributed by atoms with Crippen LogP contribution in [0.2, 0.25) is 0 Å². The number of fused-ring (bicyclic) bond motifs is 8. The van der Waals surface area contributed by atoms with E-state index in [9.17, 15) is 0 Å². The molecular formula is C35H28N4. The zero-order chi connectivity index (χ0) is 25.9. The van der Waals surface area contributed by atoms with E-state index in [1.165, 1.54) is 44.9 Å². The van der Waals surface area contributed by atoms with E-state index in [1.54, 1.807) is 0 Å². The number of rotatable bonds is 2. The van der Waals surface area contributed by atoms with Crippen LogP contribution in [-0.4, -0.2) is 11.1 Å². The molecule has 3 aliphatic heterocycles. The van der Waals surface area contributed by atoms with Gasteiger partial charge in [0.25, 0.3) is 0 Å². The smallest absolute Gasteiger partial charge is 0.136 e. The molecule has 0 bridgehead atoms. The van der Waals surface area contributed by atoms with Crippen LogP contribution >= 0.6 is 0 Å². The second kappa shape index (κ2) is 8.60. The van der Waals surface area contributed by atoms with Crippen LogP contribution in [0.1, 0.15) is 39.8 Å². The van der Waals surface area contributed by atoms with E-state index in [0.29, 0.717) is 0 Å². The largest absolute Gasteiger partial charge is 0.361 e. The lowest BCUT2D eigenvalue weighted by atomic mass is 9.84. The molecule has 0 saturated heterocycles. The van der Waals surface area contributed by atoms with Crippen molar-refractivity contribution < 1.29 is 0 Å². The molecule has 3 aliphatic rings. The molecule has 0 amide bonds. The Balaban J connectivity index is 1.40. The average Bonchev–Trinajstić information content (AvgIpc) is 3.26. The summed E-state index contributed by atoms with van der Waals surface area (Å²) in [5.74, 6) is 1.17. The third kappa shape index (κ3) is 3.28. The number of aromatic nitrogens is 1. The van der Waals surface area contributed by atoms with Gasteiger partial charge in [0, 0.05) is 34.9 Å². The van der Waals surface area contributed by atoms with Crippen molar-refractivity contribution in [3.8, 4) is 0 Å². The van der Waals surface area contributed by atoms with Crippen molar-refractivity contribution in [1.82, 2.24) is 4.98 Å². The molecule has 1 aromatic heterocycles. The van der Waals surface area contributed by atoms with Gasteiger partial charge in [-0.1, -0.05) is 84.9 Å². The second-order valence-corrected chi connectivity index (χ2v) is 10.5. The van der Waals surface area contributed by atoms with E-state index >= 15 is 0 Å². The normalized spacial score (nSPS) is 20.2. The lowest BCUT2D eigenvalue weighted by molar-refractivity contribution is 0.659. The summed E-state index contributed by atoms with van der Waals surface area (Å²) in [6, 6.07) is 39.5. The number of hydrogen-bond donors (Lipinski definition) is 1. The van der Waals surface area contributed by atoms with Gasteiger partial charge in [-0.3, -0.25) is 0 Å². The first-order chi connectivity index (χ1) is 19.3. The van der Waals surface area contributed by atoms with Crippen molar-refractivity contribution in [3.63, 3.8) is 0 Å². The van der Waals surface area contributed by atoms with E-state index in [4.69, 9.17) is 4.98 Å². The molecule has 0 fully saturated rings. The first-order valence-corrected chi connectivity index (χ1v) is 13.6. The standard InChI is InChI=1S/C35H28N4/c1-23-11-10-22-36-35(23)39-30-18-8-4-14-26(30)33-25-13-3-7-17-29(25)38(31-19-9-5-15-27(31)34(33)39)32-21-20-24-12-2-6-16-28(24)37-32/h2-22,32-34,37H,1H3. The summed E-state index contributed by atoms with van der Waals surface area (Å²) in [7, 11) is 0. The molecule has 4 heteroatoms. The van der Waals surface area contributed by atoms with Gasteiger partial charge in [0.15, 0.2) is 0 Å². The van der Waals surface area contributed by atoms with E-state index < -0.39 is 0 Å². The molecule has 4 nitrogen and oxygen atoms in total. The van der Waals surface area contributed by atoms with Gasteiger partial charge in [0.2, 0.25) is 0 Å². The number of benzene rings is 4. The Morgan fingerprint density at radius 3 is 2.00 bits per heavy atom. The number of nitrogens with zero attached hydrogens (tertiary/aromatic N) is 3. The molecule has 188 valence electrons. The second-order valence-electron chi connectivity index (χ2n) is 10.5. The highest BCUT2D eigenvalue weighted by molar-refractivity contribution is 5.84. The van der Waals surface area contributed by atoms with Crippen molar-refractivity contribution in [2.75, 3.05) is 15.1 Å². The van der Waals surface area contributed by atoms with Gasteiger partial charge in [-0.05, 0) is 71.1 Å². The summed E-state index contributed by atoms with van der Waals surface area (Å²) in [5.41, 5.74) is 11.2.